The van der Waals surface area contributed by atoms with Gasteiger partial charge in [0.25, 0.3) is 0 Å². The van der Waals surface area contributed by atoms with Gasteiger partial charge in [-0.15, -0.1) is 0 Å². The molecule has 0 aliphatic heterocycles. The molecule has 0 aromatic rings. The third kappa shape index (κ3) is 7.96. The summed E-state index contributed by atoms with van der Waals surface area (Å²) in [7, 11) is -3.46. The predicted octanol–water partition coefficient (Wildman–Crippen LogP) is -0.882. The summed E-state index contributed by atoms with van der Waals surface area (Å²) >= 11 is 0. The Kier molecular flexibility index (Phi) is 5.66. The van der Waals surface area contributed by atoms with E-state index in [1.165, 1.54) is 0 Å². The van der Waals surface area contributed by atoms with Gasteiger partial charge in [-0.05, 0) is 13.3 Å². The molecule has 0 fully saturated rings. The van der Waals surface area contributed by atoms with Crippen LogP contribution in [0.5, 0.6) is 0 Å². The minimum absolute atomic E-state index is 0.0721. The van der Waals surface area contributed by atoms with Crippen LogP contribution in [0.15, 0.2) is 0 Å². The van der Waals surface area contributed by atoms with Gasteiger partial charge in [0.05, 0.1) is 12.2 Å². The lowest BCUT2D eigenvalue weighted by Gasteiger charge is -2.06. The molecular formula is C7H16N2O4S. The molecule has 84 valence electrons. The molecule has 14 heavy (non-hydrogen) atoms. The molecule has 0 aromatic carbocycles. The molecular weight excluding hydrogens is 208 g/mol. The fourth-order valence-corrected chi connectivity index (χ4v) is 1.75. The maximum absolute atomic E-state index is 11.1. The molecule has 0 rings (SSSR count). The van der Waals surface area contributed by atoms with Crippen molar-refractivity contribution in [2.24, 2.45) is 5.73 Å². The Labute approximate surface area is 83.5 Å². The first-order valence-corrected chi connectivity index (χ1v) is 5.93. The molecule has 0 heterocycles. The normalized spacial score (nSPS) is 13.9. The van der Waals surface area contributed by atoms with Gasteiger partial charge in [0.2, 0.25) is 10.0 Å². The lowest BCUT2D eigenvalue weighted by atomic mass is 10.3. The average Bonchev–Trinajstić information content (AvgIpc) is 2.00. The Morgan fingerprint density at radius 2 is 2.14 bits per heavy atom. The van der Waals surface area contributed by atoms with Crippen LogP contribution in [-0.4, -0.2) is 37.8 Å². The quantitative estimate of drug-likeness (QED) is 0.520. The van der Waals surface area contributed by atoms with E-state index in [9.17, 15) is 13.2 Å². The number of nitrogens with one attached hydrogen (secondary N) is 1. The average molecular weight is 224 g/mol. The summed E-state index contributed by atoms with van der Waals surface area (Å²) in [6.45, 7) is 2.02. The molecule has 7 heteroatoms. The van der Waals surface area contributed by atoms with Crippen molar-refractivity contribution in [3.8, 4) is 0 Å². The van der Waals surface area contributed by atoms with E-state index in [2.05, 4.69) is 4.72 Å². The second-order valence-electron chi connectivity index (χ2n) is 3.12. The van der Waals surface area contributed by atoms with Gasteiger partial charge >= 0.3 is 5.97 Å². The van der Waals surface area contributed by atoms with E-state index in [0.717, 1.165) is 0 Å². The highest BCUT2D eigenvalue weighted by Gasteiger charge is 2.11. The highest BCUT2D eigenvalue weighted by atomic mass is 32.2. The summed E-state index contributed by atoms with van der Waals surface area (Å²) in [6, 6.07) is -0.0721. The van der Waals surface area contributed by atoms with E-state index >= 15 is 0 Å². The van der Waals surface area contributed by atoms with Crippen LogP contribution in [0, 0.1) is 0 Å². The zero-order valence-electron chi connectivity index (χ0n) is 8.06. The van der Waals surface area contributed by atoms with E-state index < -0.39 is 16.0 Å². The molecule has 0 spiro atoms. The van der Waals surface area contributed by atoms with Gasteiger partial charge in [-0.25, -0.2) is 13.1 Å². The summed E-state index contributed by atoms with van der Waals surface area (Å²) in [4.78, 5) is 10.1. The molecule has 0 amide bonds. The molecule has 0 saturated heterocycles. The molecule has 0 aromatic heterocycles. The van der Waals surface area contributed by atoms with Crippen molar-refractivity contribution < 1.29 is 18.3 Å². The summed E-state index contributed by atoms with van der Waals surface area (Å²) in [5.74, 6) is -1.51. The van der Waals surface area contributed by atoms with Crippen molar-refractivity contribution >= 4 is 16.0 Å². The van der Waals surface area contributed by atoms with Crippen LogP contribution in [0.4, 0.5) is 0 Å². The topological polar surface area (TPSA) is 109 Å². The molecule has 1 unspecified atom stereocenters. The number of hydrogen-bond acceptors (Lipinski definition) is 4. The van der Waals surface area contributed by atoms with Gasteiger partial charge in [0.1, 0.15) is 0 Å². The smallest absolute Gasteiger partial charge is 0.304 e. The van der Waals surface area contributed by atoms with Crippen LogP contribution < -0.4 is 10.5 Å². The highest BCUT2D eigenvalue weighted by molar-refractivity contribution is 7.89. The van der Waals surface area contributed by atoms with E-state index in [4.69, 9.17) is 10.8 Å². The van der Waals surface area contributed by atoms with Gasteiger partial charge in [0.15, 0.2) is 0 Å². The van der Waals surface area contributed by atoms with Crippen molar-refractivity contribution in [1.29, 1.82) is 0 Å². The monoisotopic (exact) mass is 224 g/mol. The SMILES string of the molecule is CC(N)CCNS(=O)(=O)CCC(=O)O. The number of sulfonamides is 1. The van der Waals surface area contributed by atoms with Crippen LogP contribution >= 0.6 is 0 Å². The first-order valence-electron chi connectivity index (χ1n) is 4.28. The second kappa shape index (κ2) is 5.94. The largest absolute Gasteiger partial charge is 0.481 e. The van der Waals surface area contributed by atoms with E-state index in [1.54, 1.807) is 6.92 Å². The lowest BCUT2D eigenvalue weighted by molar-refractivity contribution is -0.136. The first kappa shape index (κ1) is 13.3. The van der Waals surface area contributed by atoms with E-state index in [-0.39, 0.29) is 24.8 Å². The zero-order valence-corrected chi connectivity index (χ0v) is 8.88. The number of carboxylic acid groups (broad SMARTS) is 1. The maximum atomic E-state index is 11.1. The van der Waals surface area contributed by atoms with Crippen LogP contribution in [0.25, 0.3) is 0 Å². The standard InChI is InChI=1S/C7H16N2O4S/c1-6(8)2-4-9-14(12,13)5-3-7(10)11/h6,9H,2-5,8H2,1H3,(H,10,11). The maximum Gasteiger partial charge on any atom is 0.304 e. The fourth-order valence-electron chi connectivity index (χ4n) is 0.736. The van der Waals surface area contributed by atoms with Crippen LogP contribution in [0.3, 0.4) is 0 Å². The molecule has 0 saturated carbocycles. The number of carbonyl (C=O) groups is 1. The van der Waals surface area contributed by atoms with Gasteiger partial charge in [-0.2, -0.15) is 0 Å². The summed E-state index contributed by atoms with van der Waals surface area (Å²) in [5, 5.41) is 8.28. The van der Waals surface area contributed by atoms with Gasteiger partial charge in [-0.3, -0.25) is 4.79 Å². The number of carboxylic acids is 1. The second-order valence-corrected chi connectivity index (χ2v) is 5.05. The third-order valence-corrected chi connectivity index (χ3v) is 2.89. The molecule has 0 bridgehead atoms. The van der Waals surface area contributed by atoms with Gasteiger partial charge in [-0.1, -0.05) is 0 Å². The van der Waals surface area contributed by atoms with Crippen LogP contribution in [-0.2, 0) is 14.8 Å². The minimum atomic E-state index is -3.46. The molecule has 0 aliphatic rings. The van der Waals surface area contributed by atoms with E-state index in [0.29, 0.717) is 6.42 Å². The summed E-state index contributed by atoms with van der Waals surface area (Å²) < 4.78 is 24.5. The third-order valence-electron chi connectivity index (χ3n) is 1.51. The Balaban J connectivity index is 3.79. The van der Waals surface area contributed by atoms with Crippen LogP contribution in [0.2, 0.25) is 0 Å². The Morgan fingerprint density at radius 1 is 1.57 bits per heavy atom. The molecule has 0 aliphatic carbocycles. The van der Waals surface area contributed by atoms with E-state index in [1.807, 2.05) is 0 Å². The minimum Gasteiger partial charge on any atom is -0.481 e. The Bertz CT molecular complexity index is 273. The molecule has 4 N–H and O–H groups in total. The van der Waals surface area contributed by atoms with Crippen molar-refractivity contribution in [2.45, 2.75) is 25.8 Å². The Hall–Kier alpha value is -0.660. The van der Waals surface area contributed by atoms with Crippen LogP contribution in [0.1, 0.15) is 19.8 Å². The predicted molar refractivity (Wildman–Crippen MR) is 52.3 cm³/mol. The van der Waals surface area contributed by atoms with Crippen molar-refractivity contribution in [1.82, 2.24) is 4.72 Å². The number of aliphatic carboxylic acids is 1. The number of nitrogens with two attached hydrogens (primary N) is 1. The fraction of sp³-hybridized carbons (Fsp3) is 0.857. The Morgan fingerprint density at radius 3 is 2.57 bits per heavy atom. The molecule has 1 atom stereocenters. The van der Waals surface area contributed by atoms with Crippen molar-refractivity contribution in [3.05, 3.63) is 0 Å². The van der Waals surface area contributed by atoms with Gasteiger partial charge < -0.3 is 10.8 Å². The first-order chi connectivity index (χ1) is 6.33. The van der Waals surface area contributed by atoms with Gasteiger partial charge in [0, 0.05) is 12.6 Å². The summed E-state index contributed by atoms with van der Waals surface area (Å²) in [6.07, 6.45) is 0.153. The number of rotatable bonds is 7. The highest BCUT2D eigenvalue weighted by Crippen LogP contribution is 1.91. The lowest BCUT2D eigenvalue weighted by Crippen LogP contribution is -2.31. The van der Waals surface area contributed by atoms with Crippen molar-refractivity contribution in [2.75, 3.05) is 12.3 Å². The number of hydrogen-bond donors (Lipinski definition) is 3. The van der Waals surface area contributed by atoms with Crippen molar-refractivity contribution in [3.63, 3.8) is 0 Å². The summed E-state index contributed by atoms with van der Waals surface area (Å²) in [5.41, 5.74) is 5.42. The molecule has 0 radical (unpaired) electrons. The zero-order chi connectivity index (χ0) is 11.2. The molecule has 6 nitrogen and oxygen atoms in total.